The van der Waals surface area contributed by atoms with Crippen molar-refractivity contribution in [3.05, 3.63) is 0 Å². The molecule has 0 aromatic rings. The van der Waals surface area contributed by atoms with E-state index in [2.05, 4.69) is 12.2 Å². The predicted octanol–water partition coefficient (Wildman–Crippen LogP) is 2.02. The molecule has 0 saturated heterocycles. The Bertz CT molecular complexity index is 169. The van der Waals surface area contributed by atoms with E-state index in [0.717, 1.165) is 6.54 Å². The van der Waals surface area contributed by atoms with Gasteiger partial charge in [-0.15, -0.1) is 0 Å². The van der Waals surface area contributed by atoms with Crippen molar-refractivity contribution in [2.24, 2.45) is 0 Å². The van der Waals surface area contributed by atoms with Gasteiger partial charge in [0.15, 0.2) is 0 Å². The molecule has 0 fully saturated rings. The van der Waals surface area contributed by atoms with Gasteiger partial charge in [-0.1, -0.05) is 26.2 Å². The molecule has 90 valence electrons. The highest BCUT2D eigenvalue weighted by Crippen LogP contribution is 1.97. The summed E-state index contributed by atoms with van der Waals surface area (Å²) in [6.07, 6.45) is 4.99. The normalized spacial score (nSPS) is 10.7. The van der Waals surface area contributed by atoms with Crippen LogP contribution in [0.4, 0.5) is 0 Å². The molecule has 3 nitrogen and oxygen atoms in total. The Morgan fingerprint density at radius 1 is 1.27 bits per heavy atom. The molecule has 0 aliphatic carbocycles. The third kappa shape index (κ3) is 7.37. The Balaban J connectivity index is 3.39. The number of nitrogens with zero attached hydrogens (tertiary/aromatic N) is 1. The number of hydrogen-bond acceptors (Lipinski definition) is 2. The second kappa shape index (κ2) is 8.72. The lowest BCUT2D eigenvalue weighted by molar-refractivity contribution is -0.130. The maximum Gasteiger partial charge on any atom is 0.236 e. The lowest BCUT2D eigenvalue weighted by atomic mass is 10.2. The maximum absolute atomic E-state index is 11.5. The first-order valence-electron chi connectivity index (χ1n) is 6.06. The number of amides is 1. The quantitative estimate of drug-likeness (QED) is 0.627. The van der Waals surface area contributed by atoms with E-state index >= 15 is 0 Å². The predicted molar refractivity (Wildman–Crippen MR) is 64.9 cm³/mol. The summed E-state index contributed by atoms with van der Waals surface area (Å²) in [6.45, 7) is 7.69. The molecule has 0 aliphatic rings. The molecule has 0 unspecified atom stereocenters. The van der Waals surface area contributed by atoms with Crippen molar-refractivity contribution >= 4 is 5.91 Å². The van der Waals surface area contributed by atoms with E-state index in [4.69, 9.17) is 0 Å². The number of nitrogens with one attached hydrogen (secondary N) is 1. The average molecular weight is 214 g/mol. The number of hydrogen-bond donors (Lipinski definition) is 1. The Kier molecular flexibility index (Phi) is 8.38. The van der Waals surface area contributed by atoms with Crippen LogP contribution in [0, 0.1) is 0 Å². The van der Waals surface area contributed by atoms with Crippen LogP contribution in [-0.2, 0) is 4.79 Å². The minimum atomic E-state index is 0.181. The Hall–Kier alpha value is -0.570. The van der Waals surface area contributed by atoms with Gasteiger partial charge in [0.1, 0.15) is 0 Å². The molecule has 0 saturated carbocycles. The molecule has 0 bridgehead atoms. The van der Waals surface area contributed by atoms with Crippen LogP contribution in [0.15, 0.2) is 0 Å². The number of likely N-dealkylation sites (N-methyl/N-ethyl adjacent to an activating group) is 1. The first-order chi connectivity index (χ1) is 7.09. The zero-order valence-electron chi connectivity index (χ0n) is 10.7. The van der Waals surface area contributed by atoms with E-state index < -0.39 is 0 Å². The average Bonchev–Trinajstić information content (AvgIpc) is 2.21. The van der Waals surface area contributed by atoms with Crippen LogP contribution < -0.4 is 5.32 Å². The summed E-state index contributed by atoms with van der Waals surface area (Å²) >= 11 is 0. The summed E-state index contributed by atoms with van der Waals surface area (Å²) in [4.78, 5) is 13.3. The minimum absolute atomic E-state index is 0.181. The van der Waals surface area contributed by atoms with Gasteiger partial charge < -0.3 is 10.2 Å². The molecule has 0 aliphatic heterocycles. The van der Waals surface area contributed by atoms with Crippen molar-refractivity contribution in [1.82, 2.24) is 10.2 Å². The molecule has 0 rings (SSSR count). The fourth-order valence-corrected chi connectivity index (χ4v) is 1.28. The van der Waals surface area contributed by atoms with E-state index in [-0.39, 0.29) is 5.91 Å². The monoisotopic (exact) mass is 214 g/mol. The molecule has 0 aromatic heterocycles. The largest absolute Gasteiger partial charge is 0.342 e. The molecule has 0 aromatic carbocycles. The van der Waals surface area contributed by atoms with Gasteiger partial charge >= 0.3 is 0 Å². The first-order valence-corrected chi connectivity index (χ1v) is 6.06. The Morgan fingerprint density at radius 2 is 1.93 bits per heavy atom. The van der Waals surface area contributed by atoms with E-state index in [1.807, 2.05) is 20.9 Å². The molecule has 1 amide bonds. The SMILES string of the molecule is CCCCCCNCC(=O)N(C)C(C)C. The van der Waals surface area contributed by atoms with Crippen LogP contribution >= 0.6 is 0 Å². The van der Waals surface area contributed by atoms with Crippen LogP contribution in [0.5, 0.6) is 0 Å². The summed E-state index contributed by atoms with van der Waals surface area (Å²) in [5.74, 6) is 0.181. The number of rotatable bonds is 8. The summed E-state index contributed by atoms with van der Waals surface area (Å²) in [6, 6.07) is 0.291. The van der Waals surface area contributed by atoms with E-state index in [1.54, 1.807) is 4.90 Å². The van der Waals surface area contributed by atoms with Gasteiger partial charge in [-0.2, -0.15) is 0 Å². The van der Waals surface area contributed by atoms with Crippen molar-refractivity contribution in [1.29, 1.82) is 0 Å². The van der Waals surface area contributed by atoms with Crippen molar-refractivity contribution < 1.29 is 4.79 Å². The molecule has 3 heteroatoms. The van der Waals surface area contributed by atoms with E-state index in [9.17, 15) is 4.79 Å². The summed E-state index contributed by atoms with van der Waals surface area (Å²) in [5.41, 5.74) is 0. The maximum atomic E-state index is 11.5. The lowest BCUT2D eigenvalue weighted by Gasteiger charge is -2.21. The molecule has 0 heterocycles. The number of unbranched alkanes of at least 4 members (excludes halogenated alkanes) is 3. The van der Waals surface area contributed by atoms with Crippen molar-refractivity contribution in [3.8, 4) is 0 Å². The van der Waals surface area contributed by atoms with Gasteiger partial charge in [-0.05, 0) is 26.8 Å². The molecule has 0 spiro atoms. The number of carbonyl (C=O) groups excluding carboxylic acids is 1. The first kappa shape index (κ1) is 14.4. The highest BCUT2D eigenvalue weighted by atomic mass is 16.2. The highest BCUT2D eigenvalue weighted by Gasteiger charge is 2.10. The van der Waals surface area contributed by atoms with Crippen molar-refractivity contribution in [2.75, 3.05) is 20.1 Å². The topological polar surface area (TPSA) is 32.3 Å². The molecule has 1 N–H and O–H groups in total. The van der Waals surface area contributed by atoms with Crippen LogP contribution in [0.3, 0.4) is 0 Å². The summed E-state index contributed by atoms with van der Waals surface area (Å²) in [7, 11) is 1.85. The third-order valence-corrected chi connectivity index (χ3v) is 2.65. The van der Waals surface area contributed by atoms with E-state index in [0.29, 0.717) is 12.6 Å². The standard InChI is InChI=1S/C12H26N2O/c1-5-6-7-8-9-13-10-12(15)14(4)11(2)3/h11,13H,5-10H2,1-4H3. The van der Waals surface area contributed by atoms with Gasteiger partial charge in [-0.25, -0.2) is 0 Å². The lowest BCUT2D eigenvalue weighted by Crippen LogP contribution is -2.39. The minimum Gasteiger partial charge on any atom is -0.342 e. The fraction of sp³-hybridized carbons (Fsp3) is 0.917. The number of carbonyl (C=O) groups is 1. The summed E-state index contributed by atoms with van der Waals surface area (Å²) < 4.78 is 0. The van der Waals surface area contributed by atoms with Crippen LogP contribution in [-0.4, -0.2) is 37.0 Å². The molecular weight excluding hydrogens is 188 g/mol. The van der Waals surface area contributed by atoms with Crippen LogP contribution in [0.25, 0.3) is 0 Å². The molecule has 0 atom stereocenters. The van der Waals surface area contributed by atoms with Gasteiger partial charge in [0.2, 0.25) is 5.91 Å². The smallest absolute Gasteiger partial charge is 0.236 e. The van der Waals surface area contributed by atoms with Crippen molar-refractivity contribution in [3.63, 3.8) is 0 Å². The van der Waals surface area contributed by atoms with Gasteiger partial charge in [0.05, 0.1) is 6.54 Å². The molecule has 15 heavy (non-hydrogen) atoms. The highest BCUT2D eigenvalue weighted by molar-refractivity contribution is 5.78. The van der Waals surface area contributed by atoms with Gasteiger partial charge in [0, 0.05) is 13.1 Å². The third-order valence-electron chi connectivity index (χ3n) is 2.65. The second-order valence-electron chi connectivity index (χ2n) is 4.34. The van der Waals surface area contributed by atoms with Crippen molar-refractivity contribution in [2.45, 2.75) is 52.5 Å². The Morgan fingerprint density at radius 3 is 2.47 bits per heavy atom. The summed E-state index contributed by atoms with van der Waals surface area (Å²) in [5, 5.41) is 3.19. The molecular formula is C12H26N2O. The van der Waals surface area contributed by atoms with Crippen LogP contribution in [0.2, 0.25) is 0 Å². The van der Waals surface area contributed by atoms with Crippen LogP contribution in [0.1, 0.15) is 46.5 Å². The zero-order valence-corrected chi connectivity index (χ0v) is 10.7. The Labute approximate surface area is 94.2 Å². The second-order valence-corrected chi connectivity index (χ2v) is 4.34. The van der Waals surface area contributed by atoms with Gasteiger partial charge in [-0.3, -0.25) is 4.79 Å². The fourth-order valence-electron chi connectivity index (χ4n) is 1.28. The zero-order chi connectivity index (χ0) is 11.7. The van der Waals surface area contributed by atoms with E-state index in [1.165, 1.54) is 25.7 Å². The van der Waals surface area contributed by atoms with Gasteiger partial charge in [0.25, 0.3) is 0 Å². The molecule has 0 radical (unpaired) electrons.